The number of fused-ring (bicyclic) bond motifs is 1. The fourth-order valence-electron chi connectivity index (χ4n) is 3.07. The summed E-state index contributed by atoms with van der Waals surface area (Å²) in [5.41, 5.74) is 2.17. The Labute approximate surface area is 107 Å². The largest absolute Gasteiger partial charge is 0.476 e. The highest BCUT2D eigenvalue weighted by molar-refractivity contribution is 6.32. The molecular weight excluding hydrogens is 228 g/mol. The van der Waals surface area contributed by atoms with Crippen molar-refractivity contribution < 1.29 is 14.7 Å². The van der Waals surface area contributed by atoms with Crippen molar-refractivity contribution in [3.8, 4) is 0 Å². The molecular formula is C15H18O3. The van der Waals surface area contributed by atoms with Crippen LogP contribution in [0.25, 0.3) is 0 Å². The molecule has 3 heteroatoms. The SMILES string of the molecule is CCC1(CC(=O)C(=O)O)CCCc2ccccc21. The van der Waals surface area contributed by atoms with Crippen molar-refractivity contribution in [2.24, 2.45) is 0 Å². The van der Waals surface area contributed by atoms with Crippen LogP contribution in [0.4, 0.5) is 0 Å². The number of aryl methyl sites for hydroxylation is 1. The maximum atomic E-state index is 11.6. The first kappa shape index (κ1) is 12.8. The first-order chi connectivity index (χ1) is 8.59. The Hall–Kier alpha value is -1.64. The number of ketones is 1. The van der Waals surface area contributed by atoms with Crippen molar-refractivity contribution in [2.75, 3.05) is 0 Å². The quantitative estimate of drug-likeness (QED) is 0.831. The Bertz CT molecular complexity index is 478. The zero-order chi connectivity index (χ0) is 13.2. The molecule has 1 N–H and O–H groups in total. The number of hydrogen-bond acceptors (Lipinski definition) is 2. The maximum Gasteiger partial charge on any atom is 0.372 e. The molecule has 3 nitrogen and oxygen atoms in total. The van der Waals surface area contributed by atoms with Crippen LogP contribution in [0.3, 0.4) is 0 Å². The lowest BCUT2D eigenvalue weighted by molar-refractivity contribution is -0.149. The third-order valence-corrected chi connectivity index (χ3v) is 4.10. The average Bonchev–Trinajstić information content (AvgIpc) is 2.39. The van der Waals surface area contributed by atoms with E-state index in [1.165, 1.54) is 11.1 Å². The maximum absolute atomic E-state index is 11.6. The van der Waals surface area contributed by atoms with Gasteiger partial charge in [0.1, 0.15) is 0 Å². The third-order valence-electron chi connectivity index (χ3n) is 4.10. The lowest BCUT2D eigenvalue weighted by atomic mass is 9.66. The molecule has 0 fully saturated rings. The smallest absolute Gasteiger partial charge is 0.372 e. The Morgan fingerprint density at radius 3 is 2.72 bits per heavy atom. The van der Waals surface area contributed by atoms with E-state index in [9.17, 15) is 9.59 Å². The molecule has 1 atom stereocenters. The predicted molar refractivity (Wildman–Crippen MR) is 68.6 cm³/mol. The Morgan fingerprint density at radius 2 is 2.06 bits per heavy atom. The van der Waals surface area contributed by atoms with E-state index >= 15 is 0 Å². The van der Waals surface area contributed by atoms with Crippen molar-refractivity contribution in [1.29, 1.82) is 0 Å². The molecule has 1 aliphatic rings. The highest BCUT2D eigenvalue weighted by Crippen LogP contribution is 2.42. The molecule has 0 aliphatic heterocycles. The van der Waals surface area contributed by atoms with Crippen LogP contribution in [-0.4, -0.2) is 16.9 Å². The number of Topliss-reactive ketones (excluding diaryl/α,β-unsaturated/α-hetero) is 1. The summed E-state index contributed by atoms with van der Waals surface area (Å²) in [6.07, 6.45) is 3.88. The van der Waals surface area contributed by atoms with Gasteiger partial charge in [-0.1, -0.05) is 31.2 Å². The molecule has 0 bridgehead atoms. The molecule has 2 rings (SSSR count). The number of hydrogen-bond donors (Lipinski definition) is 1. The number of benzene rings is 1. The van der Waals surface area contributed by atoms with E-state index in [1.54, 1.807) is 0 Å². The third kappa shape index (κ3) is 2.17. The molecule has 0 saturated carbocycles. The Kier molecular flexibility index (Phi) is 3.50. The van der Waals surface area contributed by atoms with Gasteiger partial charge >= 0.3 is 5.97 Å². The van der Waals surface area contributed by atoms with Crippen LogP contribution in [0.5, 0.6) is 0 Å². The molecule has 1 aromatic carbocycles. The second kappa shape index (κ2) is 4.92. The first-order valence-electron chi connectivity index (χ1n) is 6.43. The monoisotopic (exact) mass is 246 g/mol. The molecule has 0 heterocycles. The van der Waals surface area contributed by atoms with Gasteiger partial charge in [0.05, 0.1) is 0 Å². The minimum atomic E-state index is -1.31. The van der Waals surface area contributed by atoms with E-state index in [1.807, 2.05) is 25.1 Å². The second-order valence-corrected chi connectivity index (χ2v) is 5.05. The number of carboxylic acid groups (broad SMARTS) is 1. The van der Waals surface area contributed by atoms with Gasteiger partial charge in [-0.3, -0.25) is 4.79 Å². The van der Waals surface area contributed by atoms with Gasteiger partial charge in [-0.05, 0) is 36.8 Å². The summed E-state index contributed by atoms with van der Waals surface area (Å²) in [4.78, 5) is 22.4. The molecule has 18 heavy (non-hydrogen) atoms. The van der Waals surface area contributed by atoms with Crippen LogP contribution in [0.1, 0.15) is 43.7 Å². The van der Waals surface area contributed by atoms with E-state index in [0.717, 1.165) is 25.7 Å². The van der Waals surface area contributed by atoms with E-state index in [2.05, 4.69) is 6.07 Å². The molecule has 0 saturated heterocycles. The normalized spacial score (nSPS) is 22.3. The van der Waals surface area contributed by atoms with Crippen molar-refractivity contribution in [1.82, 2.24) is 0 Å². The van der Waals surface area contributed by atoms with Crippen LogP contribution in [0, 0.1) is 0 Å². The number of carbonyl (C=O) groups is 2. The van der Waals surface area contributed by atoms with Crippen molar-refractivity contribution in [3.05, 3.63) is 35.4 Å². The lowest BCUT2D eigenvalue weighted by Gasteiger charge is -2.38. The van der Waals surface area contributed by atoms with Crippen molar-refractivity contribution in [3.63, 3.8) is 0 Å². The molecule has 0 spiro atoms. The topological polar surface area (TPSA) is 54.4 Å². The number of carbonyl (C=O) groups excluding carboxylic acids is 1. The van der Waals surface area contributed by atoms with E-state index < -0.39 is 11.8 Å². The number of aliphatic carboxylic acids is 1. The van der Waals surface area contributed by atoms with Gasteiger partial charge in [0.2, 0.25) is 5.78 Å². The summed E-state index contributed by atoms with van der Waals surface area (Å²) in [6, 6.07) is 8.11. The molecule has 0 amide bonds. The summed E-state index contributed by atoms with van der Waals surface area (Å²) in [7, 11) is 0. The Balaban J connectivity index is 2.39. The van der Waals surface area contributed by atoms with Gasteiger partial charge in [-0.25, -0.2) is 4.79 Å². The highest BCUT2D eigenvalue weighted by Gasteiger charge is 2.38. The summed E-state index contributed by atoms with van der Waals surface area (Å²) >= 11 is 0. The number of rotatable bonds is 4. The predicted octanol–water partition coefficient (Wildman–Crippen LogP) is 2.71. The number of carboxylic acids is 1. The molecule has 1 aromatic rings. The second-order valence-electron chi connectivity index (χ2n) is 5.05. The van der Waals surface area contributed by atoms with Gasteiger partial charge in [0.15, 0.2) is 0 Å². The standard InChI is InChI=1S/C15H18O3/c1-2-15(10-13(16)14(17)18)9-5-7-11-6-3-4-8-12(11)15/h3-4,6,8H,2,5,7,9-10H2,1H3,(H,17,18). The van der Waals surface area contributed by atoms with Crippen molar-refractivity contribution in [2.45, 2.75) is 44.4 Å². The molecule has 96 valence electrons. The van der Waals surface area contributed by atoms with E-state index in [-0.39, 0.29) is 11.8 Å². The molecule has 0 aromatic heterocycles. The average molecular weight is 246 g/mol. The van der Waals surface area contributed by atoms with E-state index in [4.69, 9.17) is 5.11 Å². The van der Waals surface area contributed by atoms with E-state index in [0.29, 0.717) is 0 Å². The minimum absolute atomic E-state index is 0.121. The van der Waals surface area contributed by atoms with Gasteiger partial charge < -0.3 is 5.11 Å². The minimum Gasteiger partial charge on any atom is -0.476 e. The van der Waals surface area contributed by atoms with Gasteiger partial charge in [-0.2, -0.15) is 0 Å². The summed E-state index contributed by atoms with van der Waals surface area (Å²) in [6.45, 7) is 2.04. The fraction of sp³-hybridized carbons (Fsp3) is 0.467. The Morgan fingerprint density at radius 1 is 1.33 bits per heavy atom. The highest BCUT2D eigenvalue weighted by atomic mass is 16.4. The van der Waals surface area contributed by atoms with Crippen LogP contribution >= 0.6 is 0 Å². The molecule has 1 aliphatic carbocycles. The summed E-state index contributed by atoms with van der Waals surface area (Å²) in [5, 5.41) is 8.82. The van der Waals surface area contributed by atoms with Gasteiger partial charge in [0, 0.05) is 11.8 Å². The lowest BCUT2D eigenvalue weighted by Crippen LogP contribution is -2.34. The zero-order valence-electron chi connectivity index (χ0n) is 10.6. The summed E-state index contributed by atoms with van der Waals surface area (Å²) < 4.78 is 0. The van der Waals surface area contributed by atoms with Crippen molar-refractivity contribution >= 4 is 11.8 Å². The first-order valence-corrected chi connectivity index (χ1v) is 6.43. The van der Waals surface area contributed by atoms with Crippen LogP contribution < -0.4 is 0 Å². The molecule has 1 unspecified atom stereocenters. The van der Waals surface area contributed by atoms with Gasteiger partial charge in [0.25, 0.3) is 0 Å². The van der Waals surface area contributed by atoms with Crippen LogP contribution in [0.2, 0.25) is 0 Å². The summed E-state index contributed by atoms with van der Waals surface area (Å²) in [5.74, 6) is -1.99. The van der Waals surface area contributed by atoms with Crippen LogP contribution in [0.15, 0.2) is 24.3 Å². The fourth-order valence-corrected chi connectivity index (χ4v) is 3.07. The molecule has 0 radical (unpaired) electrons. The van der Waals surface area contributed by atoms with Gasteiger partial charge in [-0.15, -0.1) is 0 Å². The zero-order valence-corrected chi connectivity index (χ0v) is 10.6. The van der Waals surface area contributed by atoms with Crippen LogP contribution in [-0.2, 0) is 21.4 Å².